The maximum absolute atomic E-state index is 12.1. The van der Waals surface area contributed by atoms with Gasteiger partial charge >= 0.3 is 0 Å². The lowest BCUT2D eigenvalue weighted by molar-refractivity contribution is -0.125. The van der Waals surface area contributed by atoms with Gasteiger partial charge in [-0.2, -0.15) is 0 Å². The molecule has 0 rings (SSSR count). The van der Waals surface area contributed by atoms with Crippen molar-refractivity contribution in [2.24, 2.45) is 47.5 Å². The van der Waals surface area contributed by atoms with E-state index in [1.807, 2.05) is 146 Å². The van der Waals surface area contributed by atoms with Crippen molar-refractivity contribution in [3.63, 3.8) is 0 Å². The molecule has 0 heterocycles. The Balaban J connectivity index is -0.000000363. The van der Waals surface area contributed by atoms with Gasteiger partial charge in [-0.15, -0.1) is 0 Å². The standard InChI is InChI=1S/C15H30N2O.2C12H24N2O.C11H21NO2/c1-11(2)13(9-14(18)15(4,5)6)16-12(3)10-17(7)8;2*1-10(13-7-8-14(5)6)9-11(15)12(2,3)4;1-9(12-6-7-14-5)8-10(13)11(2,3)4/h11-12H,9-10H2,1-8H3;2*7-9H2,1-6H3;6-8H2,1-5H3. The zero-order valence-electron chi connectivity index (χ0n) is 45.1. The molecule has 0 saturated heterocycles. The Hall–Kier alpha value is -2.80. The summed E-state index contributed by atoms with van der Waals surface area (Å²) in [5.41, 5.74) is 2.76. The topological polar surface area (TPSA) is 137 Å². The molecule has 0 radical (unpaired) electrons. The van der Waals surface area contributed by atoms with Gasteiger partial charge in [-0.3, -0.25) is 39.1 Å². The third-order valence-corrected chi connectivity index (χ3v) is 9.15. The fraction of sp³-hybridized carbons (Fsp3) is 0.840. The average Bonchev–Trinajstić information content (AvgIpc) is 3.06. The zero-order chi connectivity index (χ0) is 49.8. The minimum absolute atomic E-state index is 0.233. The lowest BCUT2D eigenvalue weighted by Gasteiger charge is -2.21. The van der Waals surface area contributed by atoms with E-state index in [0.717, 1.165) is 55.6 Å². The highest BCUT2D eigenvalue weighted by Gasteiger charge is 2.25. The second-order valence-electron chi connectivity index (χ2n) is 21.7. The normalized spacial score (nSPS) is 13.9. The predicted octanol–water partition coefficient (Wildman–Crippen LogP) is 9.17. The highest BCUT2D eigenvalue weighted by atomic mass is 16.5. The number of likely N-dealkylation sites (N-methyl/N-ethyl adjacent to an activating group) is 3. The van der Waals surface area contributed by atoms with Crippen LogP contribution in [-0.4, -0.2) is 162 Å². The van der Waals surface area contributed by atoms with Crippen LogP contribution < -0.4 is 0 Å². The third-order valence-electron chi connectivity index (χ3n) is 9.15. The summed E-state index contributed by atoms with van der Waals surface area (Å²) in [6.07, 6.45) is 1.90. The van der Waals surface area contributed by atoms with Gasteiger partial charge in [0.25, 0.3) is 0 Å². The Morgan fingerprint density at radius 1 is 0.484 bits per heavy atom. The number of carbonyl (C=O) groups is 4. The molecule has 1 atom stereocenters. The molecule has 0 aliphatic carbocycles. The summed E-state index contributed by atoms with van der Waals surface area (Å²) in [7, 11) is 13.8. The first kappa shape index (κ1) is 65.8. The van der Waals surface area contributed by atoms with Gasteiger partial charge in [-0.1, -0.05) is 96.9 Å². The molecule has 0 bridgehead atoms. The maximum atomic E-state index is 12.1. The van der Waals surface area contributed by atoms with Gasteiger partial charge in [-0.25, -0.2) is 0 Å². The van der Waals surface area contributed by atoms with E-state index in [2.05, 4.69) is 50.4 Å². The number of rotatable bonds is 21. The molecule has 0 fully saturated rings. The number of Topliss-reactive ketones (excluding diaryl/α,β-unsaturated/α-hetero) is 4. The van der Waals surface area contributed by atoms with Crippen molar-refractivity contribution in [3.05, 3.63) is 0 Å². The van der Waals surface area contributed by atoms with Crippen LogP contribution in [0.3, 0.4) is 0 Å². The fourth-order valence-corrected chi connectivity index (χ4v) is 4.55. The van der Waals surface area contributed by atoms with Gasteiger partial charge in [0, 0.05) is 96.9 Å². The molecule has 0 aromatic rings. The van der Waals surface area contributed by atoms with E-state index in [1.54, 1.807) is 7.11 Å². The smallest absolute Gasteiger partial charge is 0.143 e. The van der Waals surface area contributed by atoms with Crippen LogP contribution in [0.5, 0.6) is 0 Å². The van der Waals surface area contributed by atoms with Crippen molar-refractivity contribution in [3.8, 4) is 0 Å². The Morgan fingerprint density at radius 3 is 1.02 bits per heavy atom. The number of carbonyl (C=O) groups excluding carboxylic acids is 4. The molecule has 0 N–H and O–H groups in total. The van der Waals surface area contributed by atoms with E-state index in [4.69, 9.17) is 9.73 Å². The fourth-order valence-electron chi connectivity index (χ4n) is 4.55. The average molecular weight is 878 g/mol. The van der Waals surface area contributed by atoms with Crippen LogP contribution in [0, 0.1) is 27.6 Å². The van der Waals surface area contributed by atoms with E-state index in [1.165, 1.54) is 0 Å². The summed E-state index contributed by atoms with van der Waals surface area (Å²) in [6.45, 7) is 41.0. The van der Waals surface area contributed by atoms with E-state index < -0.39 is 0 Å². The van der Waals surface area contributed by atoms with Gasteiger partial charge in [0.2, 0.25) is 0 Å². The highest BCUT2D eigenvalue weighted by molar-refractivity contribution is 6.05. The number of methoxy groups -OCH3 is 1. The molecule has 364 valence electrons. The molecule has 0 aromatic heterocycles. The van der Waals surface area contributed by atoms with Crippen molar-refractivity contribution in [1.29, 1.82) is 0 Å². The monoisotopic (exact) mass is 878 g/mol. The Bertz CT molecular complexity index is 1360. The Kier molecular flexibility index (Phi) is 34.8. The van der Waals surface area contributed by atoms with Crippen molar-refractivity contribution in [1.82, 2.24) is 14.7 Å². The van der Waals surface area contributed by atoms with Crippen molar-refractivity contribution >= 4 is 46.0 Å². The molecule has 0 spiro atoms. The molecule has 1 unspecified atom stereocenters. The van der Waals surface area contributed by atoms with Gasteiger partial charge in [0.1, 0.15) is 23.1 Å². The zero-order valence-corrected chi connectivity index (χ0v) is 45.1. The number of ether oxygens (including phenoxy) is 1. The summed E-state index contributed by atoms with van der Waals surface area (Å²) in [5.74, 6) is 1.35. The quantitative estimate of drug-likeness (QED) is 0.0823. The van der Waals surface area contributed by atoms with Crippen molar-refractivity contribution in [2.75, 3.05) is 95.3 Å². The third kappa shape index (κ3) is 41.2. The first-order valence-corrected chi connectivity index (χ1v) is 22.5. The molecule has 12 heteroatoms. The van der Waals surface area contributed by atoms with Crippen LogP contribution in [0.1, 0.15) is 150 Å². The summed E-state index contributed by atoms with van der Waals surface area (Å²) in [5, 5.41) is 0. The molecule has 0 saturated carbocycles. The Morgan fingerprint density at radius 2 is 0.774 bits per heavy atom. The molecule has 0 amide bonds. The van der Waals surface area contributed by atoms with Gasteiger partial charge < -0.3 is 19.4 Å². The summed E-state index contributed by atoms with van der Waals surface area (Å²) >= 11 is 0. The number of ketones is 4. The second kappa shape index (κ2) is 32.8. The van der Waals surface area contributed by atoms with E-state index in [9.17, 15) is 19.2 Å². The van der Waals surface area contributed by atoms with Gasteiger partial charge in [0.05, 0.1) is 32.3 Å². The molecular weight excluding hydrogens is 779 g/mol. The van der Waals surface area contributed by atoms with Crippen LogP contribution in [0.2, 0.25) is 0 Å². The first-order chi connectivity index (χ1) is 27.9. The minimum atomic E-state index is -0.277. The SMILES string of the molecule is CC(CC(=O)C(C)(C)C)=NCCN(C)C.CC(CC(=O)C(C)(C)C)=NCCN(C)C.CC(CN(C)C)N=C(CC(=O)C(C)(C)C)C(C)C.COCCN=C(C)CC(=O)C(C)(C)C. The lowest BCUT2D eigenvalue weighted by atomic mass is 9.86. The first-order valence-electron chi connectivity index (χ1n) is 22.5. The number of aliphatic imine (C=N–C) groups is 4. The van der Waals surface area contributed by atoms with Gasteiger partial charge in [0.15, 0.2) is 0 Å². The van der Waals surface area contributed by atoms with Crippen LogP contribution in [0.4, 0.5) is 0 Å². The molecule has 0 aromatic carbocycles. The molecule has 62 heavy (non-hydrogen) atoms. The van der Waals surface area contributed by atoms with E-state index in [0.29, 0.717) is 44.8 Å². The van der Waals surface area contributed by atoms with Crippen molar-refractivity contribution < 1.29 is 23.9 Å². The summed E-state index contributed by atoms with van der Waals surface area (Å²) < 4.78 is 4.87. The summed E-state index contributed by atoms with van der Waals surface area (Å²) in [4.78, 5) is 71.0. The van der Waals surface area contributed by atoms with Crippen LogP contribution in [0.15, 0.2) is 20.0 Å². The minimum Gasteiger partial charge on any atom is -0.383 e. The second-order valence-corrected chi connectivity index (χ2v) is 21.7. The molecular formula is C50H99N7O5. The maximum Gasteiger partial charge on any atom is 0.143 e. The molecule has 0 aliphatic heterocycles. The van der Waals surface area contributed by atoms with Crippen molar-refractivity contribution in [2.45, 2.75) is 156 Å². The Labute approximate surface area is 382 Å². The van der Waals surface area contributed by atoms with Crippen LogP contribution >= 0.6 is 0 Å². The van der Waals surface area contributed by atoms with E-state index >= 15 is 0 Å². The molecule has 12 nitrogen and oxygen atoms in total. The van der Waals surface area contributed by atoms with Crippen LogP contribution in [0.25, 0.3) is 0 Å². The molecule has 0 aliphatic rings. The number of hydrogen-bond acceptors (Lipinski definition) is 12. The van der Waals surface area contributed by atoms with Crippen LogP contribution in [-0.2, 0) is 23.9 Å². The highest BCUT2D eigenvalue weighted by Crippen LogP contribution is 2.20. The van der Waals surface area contributed by atoms with E-state index in [-0.39, 0.29) is 50.8 Å². The lowest BCUT2D eigenvalue weighted by Crippen LogP contribution is -2.28. The van der Waals surface area contributed by atoms with Gasteiger partial charge in [-0.05, 0) is 75.9 Å². The number of hydrogen-bond donors (Lipinski definition) is 0. The predicted molar refractivity (Wildman–Crippen MR) is 270 cm³/mol. The largest absolute Gasteiger partial charge is 0.383 e. The number of nitrogens with zero attached hydrogens (tertiary/aromatic N) is 7. The summed E-state index contributed by atoms with van der Waals surface area (Å²) in [6, 6.07) is 0.241.